The highest BCUT2D eigenvalue weighted by Crippen LogP contribution is 2.34. The molecular formula is C20H25NO2S3. The fourth-order valence-corrected chi connectivity index (χ4v) is 7.26. The Morgan fingerprint density at radius 3 is 2.35 bits per heavy atom. The quantitative estimate of drug-likeness (QED) is 0.735. The van der Waals surface area contributed by atoms with Crippen molar-refractivity contribution in [3.05, 3.63) is 65.7 Å². The van der Waals surface area contributed by atoms with E-state index in [4.69, 9.17) is 0 Å². The van der Waals surface area contributed by atoms with Crippen LogP contribution >= 0.6 is 23.5 Å². The van der Waals surface area contributed by atoms with Gasteiger partial charge in [-0.3, -0.25) is 0 Å². The molecule has 1 N–H and O–H groups in total. The summed E-state index contributed by atoms with van der Waals surface area (Å²) in [6.07, 6.45) is 2.79. The summed E-state index contributed by atoms with van der Waals surface area (Å²) in [4.78, 5) is 0.338. The predicted octanol–water partition coefficient (Wildman–Crippen LogP) is 4.47. The van der Waals surface area contributed by atoms with Crippen molar-refractivity contribution in [3.8, 4) is 0 Å². The third-order valence-corrected chi connectivity index (χ3v) is 8.88. The summed E-state index contributed by atoms with van der Waals surface area (Å²) in [6.45, 7) is 1.96. The molecule has 1 aliphatic rings. The average Bonchev–Trinajstić information content (AvgIpc) is 2.63. The number of nitrogens with one attached hydrogen (secondary N) is 1. The molecule has 1 fully saturated rings. The van der Waals surface area contributed by atoms with Gasteiger partial charge in [-0.15, -0.1) is 23.5 Å². The number of thioether (sulfide) groups is 2. The van der Waals surface area contributed by atoms with Crippen LogP contribution in [-0.4, -0.2) is 30.5 Å². The summed E-state index contributed by atoms with van der Waals surface area (Å²) in [6, 6.07) is 17.1. The number of benzene rings is 2. The van der Waals surface area contributed by atoms with Gasteiger partial charge >= 0.3 is 0 Å². The van der Waals surface area contributed by atoms with E-state index >= 15 is 0 Å². The van der Waals surface area contributed by atoms with Gasteiger partial charge in [-0.25, -0.2) is 13.1 Å². The lowest BCUT2D eigenvalue weighted by atomic mass is 10.1. The van der Waals surface area contributed by atoms with Crippen LogP contribution in [0.1, 0.15) is 24.0 Å². The Hall–Kier alpha value is -0.950. The van der Waals surface area contributed by atoms with Crippen molar-refractivity contribution in [1.29, 1.82) is 0 Å². The minimum Gasteiger partial charge on any atom is -0.208 e. The monoisotopic (exact) mass is 407 g/mol. The summed E-state index contributed by atoms with van der Waals surface area (Å²) in [5.74, 6) is 2.33. The van der Waals surface area contributed by atoms with Crippen molar-refractivity contribution in [1.82, 2.24) is 4.72 Å². The highest BCUT2D eigenvalue weighted by Gasteiger charge is 2.25. The Labute approximate surface area is 165 Å². The summed E-state index contributed by atoms with van der Waals surface area (Å²) in [5.41, 5.74) is 2.22. The van der Waals surface area contributed by atoms with E-state index in [0.29, 0.717) is 15.9 Å². The Morgan fingerprint density at radius 1 is 1.04 bits per heavy atom. The molecule has 26 heavy (non-hydrogen) atoms. The third-order valence-electron chi connectivity index (χ3n) is 4.35. The van der Waals surface area contributed by atoms with Crippen molar-refractivity contribution in [3.63, 3.8) is 0 Å². The first kappa shape index (κ1) is 19.8. The van der Waals surface area contributed by atoms with Crippen LogP contribution in [0.15, 0.2) is 59.5 Å². The van der Waals surface area contributed by atoms with Crippen LogP contribution in [0.3, 0.4) is 0 Å². The first-order valence-corrected chi connectivity index (χ1v) is 12.5. The van der Waals surface area contributed by atoms with Crippen LogP contribution in [0, 0.1) is 6.92 Å². The van der Waals surface area contributed by atoms with E-state index in [1.807, 2.05) is 60.8 Å². The second-order valence-electron chi connectivity index (χ2n) is 6.58. The molecule has 0 saturated carbocycles. The highest BCUT2D eigenvalue weighted by atomic mass is 32.2. The van der Waals surface area contributed by atoms with E-state index in [1.165, 1.54) is 17.9 Å². The molecule has 140 valence electrons. The summed E-state index contributed by atoms with van der Waals surface area (Å²) >= 11 is 3.91. The van der Waals surface area contributed by atoms with Crippen LogP contribution in [0.5, 0.6) is 0 Å². The Morgan fingerprint density at radius 2 is 1.69 bits per heavy atom. The zero-order valence-corrected chi connectivity index (χ0v) is 17.4. The molecule has 6 heteroatoms. The molecule has 0 amide bonds. The van der Waals surface area contributed by atoms with Crippen molar-refractivity contribution >= 4 is 33.5 Å². The van der Waals surface area contributed by atoms with Gasteiger partial charge in [0.05, 0.1) is 9.48 Å². The molecule has 2 aromatic rings. The summed E-state index contributed by atoms with van der Waals surface area (Å²) in [7, 11) is -3.52. The largest absolute Gasteiger partial charge is 0.240 e. The molecule has 3 rings (SSSR count). The van der Waals surface area contributed by atoms with Crippen molar-refractivity contribution in [2.75, 3.05) is 11.5 Å². The molecule has 0 aliphatic carbocycles. The molecule has 2 aromatic carbocycles. The van der Waals surface area contributed by atoms with Gasteiger partial charge < -0.3 is 0 Å². The van der Waals surface area contributed by atoms with Crippen LogP contribution in [0.25, 0.3) is 0 Å². The zero-order valence-electron chi connectivity index (χ0n) is 14.9. The van der Waals surface area contributed by atoms with Crippen LogP contribution in [0.2, 0.25) is 0 Å². The van der Waals surface area contributed by atoms with Crippen molar-refractivity contribution in [2.24, 2.45) is 0 Å². The van der Waals surface area contributed by atoms with E-state index in [-0.39, 0.29) is 6.04 Å². The van der Waals surface area contributed by atoms with Gasteiger partial charge in [-0.1, -0.05) is 48.0 Å². The standard InChI is InChI=1S/C20H25NO2S3/c1-16-8-10-19(11-9-16)26(22,23)21-18(14-17-6-3-2-4-7-17)15-20-24-12-5-13-25-20/h2-4,6-11,18,20-21H,5,12-15H2,1H3/t18-/m0/s1. The Kier molecular flexibility index (Phi) is 7.09. The molecule has 1 aliphatic heterocycles. The van der Waals surface area contributed by atoms with Crippen LogP contribution in [-0.2, 0) is 16.4 Å². The minimum atomic E-state index is -3.52. The van der Waals surface area contributed by atoms with E-state index in [1.54, 1.807) is 12.1 Å². The van der Waals surface area contributed by atoms with E-state index in [2.05, 4.69) is 16.9 Å². The summed E-state index contributed by atoms with van der Waals surface area (Å²) < 4.78 is 29.1. The molecule has 0 spiro atoms. The highest BCUT2D eigenvalue weighted by molar-refractivity contribution is 8.17. The Balaban J connectivity index is 1.76. The lowest BCUT2D eigenvalue weighted by Gasteiger charge is -2.26. The fraction of sp³-hybridized carbons (Fsp3) is 0.400. The molecule has 0 bridgehead atoms. The lowest BCUT2D eigenvalue weighted by Crippen LogP contribution is -2.38. The van der Waals surface area contributed by atoms with E-state index < -0.39 is 10.0 Å². The predicted molar refractivity (Wildman–Crippen MR) is 113 cm³/mol. The fourth-order valence-electron chi connectivity index (χ4n) is 2.98. The smallest absolute Gasteiger partial charge is 0.208 e. The topological polar surface area (TPSA) is 46.2 Å². The first-order chi connectivity index (χ1) is 12.5. The summed E-state index contributed by atoms with van der Waals surface area (Å²) in [5, 5.41) is 0. The third kappa shape index (κ3) is 5.78. The molecule has 0 unspecified atom stereocenters. The molecule has 3 nitrogen and oxygen atoms in total. The van der Waals surface area contributed by atoms with Crippen LogP contribution < -0.4 is 4.72 Å². The molecule has 1 atom stereocenters. The minimum absolute atomic E-state index is 0.105. The first-order valence-electron chi connectivity index (χ1n) is 8.89. The van der Waals surface area contributed by atoms with Gasteiger partial charge in [0.1, 0.15) is 0 Å². The Bertz CT molecular complexity index is 786. The molecule has 0 aromatic heterocycles. The maximum atomic E-state index is 12.9. The van der Waals surface area contributed by atoms with Gasteiger partial charge in [-0.2, -0.15) is 0 Å². The maximum absolute atomic E-state index is 12.9. The van der Waals surface area contributed by atoms with Gasteiger partial charge in [0, 0.05) is 6.04 Å². The van der Waals surface area contributed by atoms with Crippen molar-refractivity contribution in [2.45, 2.75) is 41.7 Å². The van der Waals surface area contributed by atoms with E-state index in [9.17, 15) is 8.42 Å². The van der Waals surface area contributed by atoms with Gasteiger partial charge in [-0.05, 0) is 55.4 Å². The maximum Gasteiger partial charge on any atom is 0.240 e. The second-order valence-corrected chi connectivity index (χ2v) is 11.2. The van der Waals surface area contributed by atoms with E-state index in [0.717, 1.165) is 17.5 Å². The van der Waals surface area contributed by atoms with Gasteiger partial charge in [0.25, 0.3) is 0 Å². The zero-order chi connectivity index (χ0) is 18.4. The number of aryl methyl sites for hydroxylation is 1. The molecular weight excluding hydrogens is 382 g/mol. The molecule has 1 saturated heterocycles. The number of hydrogen-bond donors (Lipinski definition) is 1. The SMILES string of the molecule is Cc1ccc(S(=O)(=O)N[C@@H](Cc2ccccc2)CC2SCCCS2)cc1. The van der Waals surface area contributed by atoms with Gasteiger partial charge in [0.2, 0.25) is 10.0 Å². The lowest BCUT2D eigenvalue weighted by molar-refractivity contribution is 0.535. The average molecular weight is 408 g/mol. The molecule has 0 radical (unpaired) electrons. The normalized spacial score (nSPS) is 17.1. The van der Waals surface area contributed by atoms with Crippen LogP contribution in [0.4, 0.5) is 0 Å². The number of rotatable bonds is 7. The van der Waals surface area contributed by atoms with Crippen molar-refractivity contribution < 1.29 is 8.42 Å². The second kappa shape index (κ2) is 9.31. The van der Waals surface area contributed by atoms with Gasteiger partial charge in [0.15, 0.2) is 0 Å². The number of hydrogen-bond acceptors (Lipinski definition) is 4. The number of sulfonamides is 1. The molecule has 1 heterocycles.